The predicted molar refractivity (Wildman–Crippen MR) is 91.0 cm³/mol. The zero-order chi connectivity index (χ0) is 17.7. The minimum absolute atomic E-state index is 0.0195. The second-order valence-electron chi connectivity index (χ2n) is 5.06. The van der Waals surface area contributed by atoms with E-state index in [1.54, 1.807) is 12.1 Å². The third kappa shape index (κ3) is 3.74. The van der Waals surface area contributed by atoms with Crippen LogP contribution in [0.3, 0.4) is 0 Å². The molecule has 0 saturated carbocycles. The van der Waals surface area contributed by atoms with Crippen LogP contribution in [0.2, 0.25) is 5.02 Å². The average Bonchev–Trinajstić information content (AvgIpc) is 2.62. The first kappa shape index (κ1) is 18.0. The van der Waals surface area contributed by atoms with Gasteiger partial charge in [-0.05, 0) is 30.7 Å². The van der Waals surface area contributed by atoms with Gasteiger partial charge in [0.05, 0.1) is 36.9 Å². The number of rotatable bonds is 6. The lowest BCUT2D eigenvalue weighted by molar-refractivity contribution is 0.0600. The summed E-state index contributed by atoms with van der Waals surface area (Å²) in [6.45, 7) is 1.82. The molecule has 128 valence electrons. The number of ether oxygens (including phenoxy) is 1. The standard InChI is InChI=1S/C16H18ClN3O4/c1-3-11(9-21)19-13-8-18-20(15(22)14(13)17)12-6-4-10(5-7-12)16(23)24-2/h4-8,11,19,21H,3,9H2,1-2H3. The van der Waals surface area contributed by atoms with Gasteiger partial charge in [-0.15, -0.1) is 0 Å². The largest absolute Gasteiger partial charge is 0.465 e. The zero-order valence-electron chi connectivity index (χ0n) is 13.3. The molecule has 1 aromatic heterocycles. The van der Waals surface area contributed by atoms with Crippen LogP contribution in [0.1, 0.15) is 23.7 Å². The lowest BCUT2D eigenvalue weighted by atomic mass is 10.2. The molecule has 0 fully saturated rings. The Morgan fingerprint density at radius 2 is 2.08 bits per heavy atom. The van der Waals surface area contributed by atoms with Crippen molar-refractivity contribution in [3.63, 3.8) is 0 Å². The van der Waals surface area contributed by atoms with Crippen LogP contribution in [0.5, 0.6) is 0 Å². The Morgan fingerprint density at radius 1 is 1.42 bits per heavy atom. The number of carbonyl (C=O) groups is 1. The highest BCUT2D eigenvalue weighted by atomic mass is 35.5. The first-order chi connectivity index (χ1) is 11.5. The van der Waals surface area contributed by atoms with Crippen LogP contribution >= 0.6 is 11.6 Å². The van der Waals surface area contributed by atoms with Crippen LogP contribution in [-0.4, -0.2) is 40.6 Å². The Labute approximate surface area is 143 Å². The van der Waals surface area contributed by atoms with E-state index < -0.39 is 11.5 Å². The van der Waals surface area contributed by atoms with Gasteiger partial charge in [0, 0.05) is 6.04 Å². The van der Waals surface area contributed by atoms with Gasteiger partial charge in [-0.2, -0.15) is 9.78 Å². The minimum atomic E-state index is -0.500. The summed E-state index contributed by atoms with van der Waals surface area (Å²) >= 11 is 6.12. The number of nitrogens with zero attached hydrogens (tertiary/aromatic N) is 2. The molecule has 1 heterocycles. The van der Waals surface area contributed by atoms with Gasteiger partial charge in [0.15, 0.2) is 0 Å². The highest BCUT2D eigenvalue weighted by molar-refractivity contribution is 6.33. The molecule has 0 aliphatic carbocycles. The van der Waals surface area contributed by atoms with E-state index in [-0.39, 0.29) is 17.7 Å². The number of aromatic nitrogens is 2. The van der Waals surface area contributed by atoms with Gasteiger partial charge in [-0.3, -0.25) is 4.79 Å². The van der Waals surface area contributed by atoms with E-state index in [1.165, 1.54) is 25.4 Å². The lowest BCUT2D eigenvalue weighted by Gasteiger charge is -2.16. The van der Waals surface area contributed by atoms with Gasteiger partial charge in [0.25, 0.3) is 5.56 Å². The van der Waals surface area contributed by atoms with Gasteiger partial charge >= 0.3 is 5.97 Å². The summed E-state index contributed by atoms with van der Waals surface area (Å²) in [5.41, 5.74) is 0.702. The van der Waals surface area contributed by atoms with E-state index in [2.05, 4.69) is 15.2 Å². The smallest absolute Gasteiger partial charge is 0.337 e. The molecule has 2 aromatic rings. The average molecular weight is 352 g/mol. The summed E-state index contributed by atoms with van der Waals surface area (Å²) in [5, 5.41) is 16.3. The van der Waals surface area contributed by atoms with Crippen molar-refractivity contribution in [2.24, 2.45) is 0 Å². The van der Waals surface area contributed by atoms with E-state index in [0.717, 1.165) is 4.68 Å². The Hall–Kier alpha value is -2.38. The van der Waals surface area contributed by atoms with Gasteiger partial charge in [0.1, 0.15) is 5.02 Å². The molecule has 2 N–H and O–H groups in total. The molecule has 7 nitrogen and oxygen atoms in total. The third-order valence-electron chi connectivity index (χ3n) is 3.52. The van der Waals surface area contributed by atoms with Crippen LogP contribution < -0.4 is 10.9 Å². The minimum Gasteiger partial charge on any atom is -0.465 e. The highest BCUT2D eigenvalue weighted by Gasteiger charge is 2.14. The van der Waals surface area contributed by atoms with Crippen molar-refractivity contribution in [3.8, 4) is 5.69 Å². The summed E-state index contributed by atoms with van der Waals surface area (Å²) in [6.07, 6.45) is 2.10. The Kier molecular flexibility index (Phi) is 5.94. The fourth-order valence-corrected chi connectivity index (χ4v) is 2.25. The van der Waals surface area contributed by atoms with Crippen molar-refractivity contribution in [1.82, 2.24) is 9.78 Å². The second-order valence-corrected chi connectivity index (χ2v) is 5.44. The quantitative estimate of drug-likeness (QED) is 0.771. The number of aliphatic hydroxyl groups is 1. The Balaban J connectivity index is 2.34. The van der Waals surface area contributed by atoms with Crippen molar-refractivity contribution in [1.29, 1.82) is 0 Å². The van der Waals surface area contributed by atoms with Crippen LogP contribution in [-0.2, 0) is 4.74 Å². The summed E-state index contributed by atoms with van der Waals surface area (Å²) < 4.78 is 5.76. The number of nitrogens with one attached hydrogen (secondary N) is 1. The normalized spacial score (nSPS) is 11.8. The number of hydrogen-bond donors (Lipinski definition) is 2. The van der Waals surface area contributed by atoms with E-state index in [4.69, 9.17) is 11.6 Å². The van der Waals surface area contributed by atoms with Crippen molar-refractivity contribution in [2.75, 3.05) is 19.0 Å². The summed E-state index contributed by atoms with van der Waals surface area (Å²) in [7, 11) is 1.30. The van der Waals surface area contributed by atoms with Crippen molar-refractivity contribution in [3.05, 3.63) is 51.4 Å². The molecule has 1 unspecified atom stereocenters. The molecular weight excluding hydrogens is 334 g/mol. The second kappa shape index (κ2) is 7.94. The molecular formula is C16H18ClN3O4. The first-order valence-corrected chi connectivity index (χ1v) is 7.73. The van der Waals surface area contributed by atoms with E-state index in [0.29, 0.717) is 23.4 Å². The third-order valence-corrected chi connectivity index (χ3v) is 3.89. The molecule has 1 atom stereocenters. The number of halogens is 1. The molecule has 24 heavy (non-hydrogen) atoms. The predicted octanol–water partition coefficient (Wildman–Crippen LogP) is 1.86. The molecule has 0 bridgehead atoms. The fourth-order valence-electron chi connectivity index (χ4n) is 2.07. The molecule has 0 radical (unpaired) electrons. The maximum Gasteiger partial charge on any atom is 0.337 e. The first-order valence-electron chi connectivity index (χ1n) is 7.35. The number of anilines is 1. The number of methoxy groups -OCH3 is 1. The van der Waals surface area contributed by atoms with Crippen molar-refractivity contribution in [2.45, 2.75) is 19.4 Å². The van der Waals surface area contributed by atoms with Gasteiger partial charge in [-0.25, -0.2) is 4.79 Å². The Bertz CT molecular complexity index is 770. The summed E-state index contributed by atoms with van der Waals surface area (Å²) in [5.74, 6) is -0.464. The van der Waals surface area contributed by atoms with Crippen LogP contribution in [0.4, 0.5) is 5.69 Å². The molecule has 0 saturated heterocycles. The van der Waals surface area contributed by atoms with Gasteiger partial charge < -0.3 is 15.2 Å². The number of aliphatic hydroxyl groups excluding tert-OH is 1. The van der Waals surface area contributed by atoms with Gasteiger partial charge in [-0.1, -0.05) is 18.5 Å². The SMILES string of the molecule is CCC(CO)Nc1cnn(-c2ccc(C(=O)OC)cc2)c(=O)c1Cl. The van der Waals surface area contributed by atoms with Crippen LogP contribution in [0.15, 0.2) is 35.3 Å². The monoisotopic (exact) mass is 351 g/mol. The molecule has 0 aliphatic rings. The number of esters is 1. The molecule has 0 spiro atoms. The topological polar surface area (TPSA) is 93.5 Å². The summed E-state index contributed by atoms with van der Waals surface area (Å²) in [6, 6.07) is 6.01. The number of benzene rings is 1. The molecule has 0 aliphatic heterocycles. The summed E-state index contributed by atoms with van der Waals surface area (Å²) in [4.78, 5) is 23.8. The van der Waals surface area contributed by atoms with Crippen molar-refractivity contribution >= 4 is 23.3 Å². The number of hydrogen-bond acceptors (Lipinski definition) is 6. The van der Waals surface area contributed by atoms with E-state index in [9.17, 15) is 14.7 Å². The van der Waals surface area contributed by atoms with Gasteiger partial charge in [0.2, 0.25) is 0 Å². The zero-order valence-corrected chi connectivity index (χ0v) is 14.1. The number of carbonyl (C=O) groups excluding carboxylic acids is 1. The van der Waals surface area contributed by atoms with Crippen LogP contribution in [0, 0.1) is 0 Å². The maximum absolute atomic E-state index is 12.4. The fraction of sp³-hybridized carbons (Fsp3) is 0.312. The Morgan fingerprint density at radius 3 is 2.62 bits per heavy atom. The molecule has 0 amide bonds. The molecule has 1 aromatic carbocycles. The lowest BCUT2D eigenvalue weighted by Crippen LogP contribution is -2.27. The maximum atomic E-state index is 12.4. The molecule has 2 rings (SSSR count). The molecule has 8 heteroatoms. The van der Waals surface area contributed by atoms with Crippen molar-refractivity contribution < 1.29 is 14.6 Å². The van der Waals surface area contributed by atoms with Crippen LogP contribution in [0.25, 0.3) is 5.69 Å². The van der Waals surface area contributed by atoms with E-state index in [1.807, 2.05) is 6.92 Å². The van der Waals surface area contributed by atoms with E-state index >= 15 is 0 Å². The highest BCUT2D eigenvalue weighted by Crippen LogP contribution is 2.18.